The van der Waals surface area contributed by atoms with Crippen molar-refractivity contribution in [2.75, 3.05) is 20.8 Å². The topological polar surface area (TPSA) is 57.9 Å². The normalized spacial score (nSPS) is 10.8. The molecule has 136 valence electrons. The lowest BCUT2D eigenvalue weighted by Gasteiger charge is -2.13. The van der Waals surface area contributed by atoms with E-state index in [9.17, 15) is 4.79 Å². The van der Waals surface area contributed by atoms with Gasteiger partial charge in [-0.2, -0.15) is 0 Å². The van der Waals surface area contributed by atoms with Gasteiger partial charge in [0.15, 0.2) is 17.3 Å². The third kappa shape index (κ3) is 3.01. The van der Waals surface area contributed by atoms with Gasteiger partial charge < -0.3 is 18.6 Å². The molecule has 1 aromatic heterocycles. The smallest absolute Gasteiger partial charge is 0.235 e. The fourth-order valence-electron chi connectivity index (χ4n) is 2.88. The largest absolute Gasteiger partial charge is 0.493 e. The van der Waals surface area contributed by atoms with Gasteiger partial charge in [0.2, 0.25) is 11.2 Å². The Balaban J connectivity index is 2.32. The lowest BCUT2D eigenvalue weighted by atomic mass is 10.0. The monoisotopic (exact) mass is 354 g/mol. The van der Waals surface area contributed by atoms with E-state index < -0.39 is 0 Å². The van der Waals surface area contributed by atoms with Gasteiger partial charge in [0, 0.05) is 5.56 Å². The van der Waals surface area contributed by atoms with E-state index in [1.807, 2.05) is 39.0 Å². The van der Waals surface area contributed by atoms with Gasteiger partial charge in [-0.25, -0.2) is 0 Å². The molecule has 0 aliphatic rings. The van der Waals surface area contributed by atoms with Crippen molar-refractivity contribution >= 4 is 11.0 Å². The Kier molecular flexibility index (Phi) is 4.89. The van der Waals surface area contributed by atoms with Gasteiger partial charge in [-0.1, -0.05) is 0 Å². The summed E-state index contributed by atoms with van der Waals surface area (Å²) in [5, 5.41) is 0.515. The fraction of sp³-hybridized carbons (Fsp3) is 0.286. The van der Waals surface area contributed by atoms with E-state index in [-0.39, 0.29) is 11.2 Å². The maximum atomic E-state index is 13.0. The van der Waals surface area contributed by atoms with E-state index in [1.54, 1.807) is 26.4 Å². The number of rotatable bonds is 5. The second-order valence-corrected chi connectivity index (χ2v) is 6.02. The van der Waals surface area contributed by atoms with Gasteiger partial charge in [-0.15, -0.1) is 0 Å². The zero-order chi connectivity index (χ0) is 18.8. The Hall–Kier alpha value is -2.95. The van der Waals surface area contributed by atoms with Crippen LogP contribution in [0.3, 0.4) is 0 Å². The molecule has 2 aromatic carbocycles. The van der Waals surface area contributed by atoms with Crippen LogP contribution >= 0.6 is 0 Å². The van der Waals surface area contributed by atoms with Crippen LogP contribution in [0, 0.1) is 13.8 Å². The molecule has 26 heavy (non-hydrogen) atoms. The molecule has 5 heteroatoms. The molecule has 0 saturated carbocycles. The van der Waals surface area contributed by atoms with Crippen molar-refractivity contribution in [1.29, 1.82) is 0 Å². The molecule has 0 fully saturated rings. The van der Waals surface area contributed by atoms with Gasteiger partial charge in [-0.3, -0.25) is 4.79 Å². The lowest BCUT2D eigenvalue weighted by Crippen LogP contribution is -2.10. The van der Waals surface area contributed by atoms with Gasteiger partial charge >= 0.3 is 0 Å². The average molecular weight is 354 g/mol. The summed E-state index contributed by atoms with van der Waals surface area (Å²) in [6.45, 7) is 6.15. The van der Waals surface area contributed by atoms with E-state index in [0.29, 0.717) is 40.4 Å². The van der Waals surface area contributed by atoms with Crippen LogP contribution in [0.4, 0.5) is 0 Å². The average Bonchev–Trinajstić information content (AvgIpc) is 2.65. The van der Waals surface area contributed by atoms with Crippen LogP contribution in [0.25, 0.3) is 22.3 Å². The highest BCUT2D eigenvalue weighted by Crippen LogP contribution is 2.37. The molecular weight excluding hydrogens is 332 g/mol. The van der Waals surface area contributed by atoms with Crippen LogP contribution in [0.15, 0.2) is 39.5 Å². The number of methoxy groups -OCH3 is 2. The molecule has 1 heterocycles. The summed E-state index contributed by atoms with van der Waals surface area (Å²) in [4.78, 5) is 13.0. The maximum absolute atomic E-state index is 13.0. The van der Waals surface area contributed by atoms with Gasteiger partial charge in [0.05, 0.1) is 26.2 Å². The maximum Gasteiger partial charge on any atom is 0.235 e. The highest BCUT2D eigenvalue weighted by molar-refractivity contribution is 5.83. The van der Waals surface area contributed by atoms with E-state index in [4.69, 9.17) is 18.6 Å². The Morgan fingerprint density at radius 1 is 0.962 bits per heavy atom. The first-order valence-corrected chi connectivity index (χ1v) is 8.43. The minimum atomic E-state index is -0.180. The summed E-state index contributed by atoms with van der Waals surface area (Å²) in [6, 6.07) is 9.08. The molecule has 5 nitrogen and oxygen atoms in total. The first-order valence-electron chi connectivity index (χ1n) is 8.43. The zero-order valence-electron chi connectivity index (χ0n) is 15.6. The quantitative estimate of drug-likeness (QED) is 0.675. The van der Waals surface area contributed by atoms with Crippen LogP contribution in [0.1, 0.15) is 18.1 Å². The number of hydrogen-bond acceptors (Lipinski definition) is 5. The first kappa shape index (κ1) is 17.9. The molecule has 0 aliphatic heterocycles. The summed E-state index contributed by atoms with van der Waals surface area (Å²) in [6.07, 6.45) is 0. The number of ether oxygens (including phenoxy) is 3. The Morgan fingerprint density at radius 3 is 2.31 bits per heavy atom. The van der Waals surface area contributed by atoms with Crippen molar-refractivity contribution in [3.8, 4) is 28.6 Å². The molecular formula is C21H22O5. The SMILES string of the molecule is CCOc1c(-c2ccc(OC)c(OC)c2)oc2cc(C)c(C)cc2c1=O. The molecule has 0 amide bonds. The van der Waals surface area contributed by atoms with Crippen LogP contribution < -0.4 is 19.6 Å². The van der Waals surface area contributed by atoms with Gasteiger partial charge in [-0.05, 0) is 62.2 Å². The Labute approximate surface area is 152 Å². The summed E-state index contributed by atoms with van der Waals surface area (Å²) < 4.78 is 22.4. The number of hydrogen-bond donors (Lipinski definition) is 0. The predicted octanol–water partition coefficient (Wildman–Crippen LogP) is 4.49. The minimum Gasteiger partial charge on any atom is -0.493 e. The molecule has 0 saturated heterocycles. The summed E-state index contributed by atoms with van der Waals surface area (Å²) >= 11 is 0. The van der Waals surface area contributed by atoms with Crippen LogP contribution in [-0.4, -0.2) is 20.8 Å². The predicted molar refractivity (Wildman–Crippen MR) is 102 cm³/mol. The van der Waals surface area contributed by atoms with Crippen molar-refractivity contribution in [2.45, 2.75) is 20.8 Å². The van der Waals surface area contributed by atoms with Crippen molar-refractivity contribution in [2.24, 2.45) is 0 Å². The van der Waals surface area contributed by atoms with Crippen LogP contribution in [-0.2, 0) is 0 Å². The van der Waals surface area contributed by atoms with E-state index in [0.717, 1.165) is 11.1 Å². The third-order valence-corrected chi connectivity index (χ3v) is 4.40. The summed E-state index contributed by atoms with van der Waals surface area (Å²) in [5.41, 5.74) is 3.13. The van der Waals surface area contributed by atoms with Crippen LogP contribution in [0.5, 0.6) is 17.2 Å². The number of benzene rings is 2. The zero-order valence-corrected chi connectivity index (χ0v) is 15.6. The molecule has 0 atom stereocenters. The first-order chi connectivity index (χ1) is 12.5. The summed E-state index contributed by atoms with van der Waals surface area (Å²) in [5.74, 6) is 1.74. The van der Waals surface area contributed by atoms with Crippen LogP contribution in [0.2, 0.25) is 0 Å². The molecule has 0 radical (unpaired) electrons. The lowest BCUT2D eigenvalue weighted by molar-refractivity contribution is 0.330. The molecule has 3 rings (SSSR count). The van der Waals surface area contributed by atoms with E-state index in [2.05, 4.69) is 0 Å². The Morgan fingerprint density at radius 2 is 1.65 bits per heavy atom. The molecule has 0 N–H and O–H groups in total. The second kappa shape index (κ2) is 7.12. The molecule has 3 aromatic rings. The third-order valence-electron chi connectivity index (χ3n) is 4.40. The van der Waals surface area contributed by atoms with Crippen molar-refractivity contribution < 1.29 is 18.6 Å². The second-order valence-electron chi connectivity index (χ2n) is 6.02. The van der Waals surface area contributed by atoms with Gasteiger partial charge in [0.1, 0.15) is 5.58 Å². The molecule has 0 spiro atoms. The number of fused-ring (bicyclic) bond motifs is 1. The number of aryl methyl sites for hydroxylation is 2. The van der Waals surface area contributed by atoms with E-state index in [1.165, 1.54) is 0 Å². The molecule has 0 aliphatic carbocycles. The molecule has 0 unspecified atom stereocenters. The van der Waals surface area contributed by atoms with Gasteiger partial charge in [0.25, 0.3) is 0 Å². The standard InChI is InChI=1S/C21H22O5/c1-6-25-21-19(22)15-9-12(2)13(3)10-17(15)26-20(21)14-7-8-16(23-4)18(11-14)24-5/h7-11H,6H2,1-5H3. The van der Waals surface area contributed by atoms with E-state index >= 15 is 0 Å². The van der Waals surface area contributed by atoms with Crippen molar-refractivity contribution in [1.82, 2.24) is 0 Å². The molecule has 0 bridgehead atoms. The fourth-order valence-corrected chi connectivity index (χ4v) is 2.88. The minimum absolute atomic E-state index is 0.180. The van der Waals surface area contributed by atoms with Crippen molar-refractivity contribution in [3.05, 3.63) is 51.7 Å². The highest BCUT2D eigenvalue weighted by Gasteiger charge is 2.19. The Bertz CT molecular complexity index is 1020. The summed E-state index contributed by atoms with van der Waals surface area (Å²) in [7, 11) is 3.14. The van der Waals surface area contributed by atoms with Crippen molar-refractivity contribution in [3.63, 3.8) is 0 Å². The highest BCUT2D eigenvalue weighted by atomic mass is 16.5.